The zero-order valence-corrected chi connectivity index (χ0v) is 13.7. The maximum absolute atomic E-state index is 6.45. The maximum atomic E-state index is 6.45. The van der Waals surface area contributed by atoms with E-state index in [2.05, 4.69) is 49.2 Å². The Morgan fingerprint density at radius 1 is 1.30 bits per heavy atom. The third kappa shape index (κ3) is 3.89. The third-order valence-corrected chi connectivity index (χ3v) is 4.53. The lowest BCUT2D eigenvalue weighted by molar-refractivity contribution is 0.588. The van der Waals surface area contributed by atoms with E-state index in [-0.39, 0.29) is 0 Å². The van der Waals surface area contributed by atoms with Crippen LogP contribution in [0.4, 0.5) is 5.69 Å². The lowest BCUT2D eigenvalue weighted by atomic mass is 10.1. The smallest absolute Gasteiger partial charge is 0.0471 e. The molecule has 0 spiro atoms. The van der Waals surface area contributed by atoms with Gasteiger partial charge >= 0.3 is 0 Å². The molecule has 0 amide bonds. The molecule has 112 valence electrons. The summed E-state index contributed by atoms with van der Waals surface area (Å²) in [4.78, 5) is 2.51. The molecule has 0 radical (unpaired) electrons. The SMILES string of the molecule is CCN(c1ccc(CNC(C)C)c(Cl)c1)C1CCCC1. The van der Waals surface area contributed by atoms with Crippen LogP contribution < -0.4 is 10.2 Å². The predicted octanol–water partition coefficient (Wildman–Crippen LogP) is 4.61. The Hall–Kier alpha value is -0.730. The number of hydrogen-bond acceptors (Lipinski definition) is 2. The maximum Gasteiger partial charge on any atom is 0.0471 e. The van der Waals surface area contributed by atoms with Crippen molar-refractivity contribution in [3.8, 4) is 0 Å². The highest BCUT2D eigenvalue weighted by Crippen LogP contribution is 2.30. The van der Waals surface area contributed by atoms with Gasteiger partial charge < -0.3 is 10.2 Å². The van der Waals surface area contributed by atoms with E-state index < -0.39 is 0 Å². The van der Waals surface area contributed by atoms with Crippen LogP contribution in [0.5, 0.6) is 0 Å². The van der Waals surface area contributed by atoms with Crippen molar-refractivity contribution >= 4 is 17.3 Å². The molecule has 2 rings (SSSR count). The topological polar surface area (TPSA) is 15.3 Å². The quantitative estimate of drug-likeness (QED) is 0.824. The van der Waals surface area contributed by atoms with Crippen LogP contribution in [-0.4, -0.2) is 18.6 Å². The van der Waals surface area contributed by atoms with Crippen LogP contribution in [0.15, 0.2) is 18.2 Å². The van der Waals surface area contributed by atoms with Crippen LogP contribution in [0, 0.1) is 0 Å². The Morgan fingerprint density at radius 2 is 2.00 bits per heavy atom. The van der Waals surface area contributed by atoms with Crippen LogP contribution in [0.25, 0.3) is 0 Å². The van der Waals surface area contributed by atoms with E-state index in [0.717, 1.165) is 18.1 Å². The summed E-state index contributed by atoms with van der Waals surface area (Å²) in [5.41, 5.74) is 2.46. The fraction of sp³-hybridized carbons (Fsp3) is 0.647. The highest BCUT2D eigenvalue weighted by molar-refractivity contribution is 6.31. The molecule has 1 aliphatic carbocycles. The number of halogens is 1. The van der Waals surface area contributed by atoms with Crippen LogP contribution in [0.2, 0.25) is 5.02 Å². The van der Waals surface area contributed by atoms with Gasteiger partial charge in [-0.1, -0.05) is 44.4 Å². The van der Waals surface area contributed by atoms with Crippen LogP contribution >= 0.6 is 11.6 Å². The van der Waals surface area contributed by atoms with Crippen molar-refractivity contribution in [3.05, 3.63) is 28.8 Å². The molecule has 0 heterocycles. The van der Waals surface area contributed by atoms with Crippen molar-refractivity contribution in [2.75, 3.05) is 11.4 Å². The van der Waals surface area contributed by atoms with E-state index in [9.17, 15) is 0 Å². The molecular weight excluding hydrogens is 268 g/mol. The van der Waals surface area contributed by atoms with Gasteiger partial charge in [0.15, 0.2) is 0 Å². The second-order valence-electron chi connectivity index (χ2n) is 6.04. The molecule has 1 fully saturated rings. The summed E-state index contributed by atoms with van der Waals surface area (Å²) < 4.78 is 0. The van der Waals surface area contributed by atoms with E-state index in [1.807, 2.05) is 0 Å². The number of nitrogens with one attached hydrogen (secondary N) is 1. The van der Waals surface area contributed by atoms with E-state index >= 15 is 0 Å². The van der Waals surface area contributed by atoms with E-state index in [1.165, 1.54) is 36.9 Å². The van der Waals surface area contributed by atoms with E-state index in [1.54, 1.807) is 0 Å². The van der Waals surface area contributed by atoms with Crippen molar-refractivity contribution in [1.82, 2.24) is 5.32 Å². The minimum atomic E-state index is 0.483. The first-order valence-electron chi connectivity index (χ1n) is 7.90. The second kappa shape index (κ2) is 7.33. The van der Waals surface area contributed by atoms with E-state index in [0.29, 0.717) is 12.1 Å². The van der Waals surface area contributed by atoms with Gasteiger partial charge in [-0.2, -0.15) is 0 Å². The molecule has 0 aromatic heterocycles. The monoisotopic (exact) mass is 294 g/mol. The van der Waals surface area contributed by atoms with Gasteiger partial charge in [-0.3, -0.25) is 0 Å². The molecule has 0 saturated heterocycles. The fourth-order valence-electron chi connectivity index (χ4n) is 3.04. The summed E-state index contributed by atoms with van der Waals surface area (Å²) in [6.07, 6.45) is 5.38. The average Bonchev–Trinajstić information content (AvgIpc) is 2.92. The number of benzene rings is 1. The Balaban J connectivity index is 2.10. The van der Waals surface area contributed by atoms with Crippen LogP contribution in [0.3, 0.4) is 0 Å². The van der Waals surface area contributed by atoms with Crippen molar-refractivity contribution in [3.63, 3.8) is 0 Å². The number of nitrogens with zero attached hydrogens (tertiary/aromatic N) is 1. The molecule has 0 atom stereocenters. The molecular formula is C17H27ClN2. The summed E-state index contributed by atoms with van der Waals surface area (Å²) in [5, 5.41) is 4.30. The van der Waals surface area contributed by atoms with Crippen LogP contribution in [-0.2, 0) is 6.54 Å². The zero-order valence-electron chi connectivity index (χ0n) is 13.0. The van der Waals surface area contributed by atoms with Gasteiger partial charge in [-0.15, -0.1) is 0 Å². The number of rotatable bonds is 6. The Morgan fingerprint density at radius 3 is 2.55 bits per heavy atom. The molecule has 0 bridgehead atoms. The summed E-state index contributed by atoms with van der Waals surface area (Å²) in [5.74, 6) is 0. The molecule has 20 heavy (non-hydrogen) atoms. The van der Waals surface area contributed by atoms with Crippen LogP contribution in [0.1, 0.15) is 52.0 Å². The van der Waals surface area contributed by atoms with Gasteiger partial charge in [-0.05, 0) is 37.5 Å². The number of hydrogen-bond donors (Lipinski definition) is 1. The summed E-state index contributed by atoms with van der Waals surface area (Å²) in [6, 6.07) is 7.73. The molecule has 1 aliphatic rings. The highest BCUT2D eigenvalue weighted by Gasteiger charge is 2.22. The minimum Gasteiger partial charge on any atom is -0.369 e. The van der Waals surface area contributed by atoms with Gasteiger partial charge in [0.05, 0.1) is 0 Å². The molecule has 1 saturated carbocycles. The zero-order chi connectivity index (χ0) is 14.5. The third-order valence-electron chi connectivity index (χ3n) is 4.18. The average molecular weight is 295 g/mol. The summed E-state index contributed by atoms with van der Waals surface area (Å²) >= 11 is 6.45. The van der Waals surface area contributed by atoms with Gasteiger partial charge in [-0.25, -0.2) is 0 Å². The lowest BCUT2D eigenvalue weighted by Gasteiger charge is -2.30. The van der Waals surface area contributed by atoms with Crippen molar-refractivity contribution in [2.24, 2.45) is 0 Å². The highest BCUT2D eigenvalue weighted by atomic mass is 35.5. The summed E-state index contributed by atoms with van der Waals surface area (Å²) in [6.45, 7) is 8.44. The largest absolute Gasteiger partial charge is 0.369 e. The van der Waals surface area contributed by atoms with Gasteiger partial charge in [0.1, 0.15) is 0 Å². The van der Waals surface area contributed by atoms with Crippen molar-refractivity contribution in [1.29, 1.82) is 0 Å². The minimum absolute atomic E-state index is 0.483. The molecule has 2 nitrogen and oxygen atoms in total. The summed E-state index contributed by atoms with van der Waals surface area (Å²) in [7, 11) is 0. The van der Waals surface area contributed by atoms with Gasteiger partial charge in [0.2, 0.25) is 0 Å². The fourth-order valence-corrected chi connectivity index (χ4v) is 3.28. The second-order valence-corrected chi connectivity index (χ2v) is 6.44. The molecule has 1 aromatic carbocycles. The first-order valence-corrected chi connectivity index (χ1v) is 8.28. The molecule has 0 unspecified atom stereocenters. The molecule has 0 aliphatic heterocycles. The number of anilines is 1. The van der Waals surface area contributed by atoms with Crippen molar-refractivity contribution < 1.29 is 0 Å². The Labute approximate surface area is 128 Å². The Bertz CT molecular complexity index is 425. The predicted molar refractivity (Wildman–Crippen MR) is 88.7 cm³/mol. The molecule has 1 N–H and O–H groups in total. The normalized spacial score (nSPS) is 16.1. The lowest BCUT2D eigenvalue weighted by Crippen LogP contribution is -2.33. The first-order chi connectivity index (χ1) is 9.61. The first kappa shape index (κ1) is 15.7. The van der Waals surface area contributed by atoms with Gasteiger partial charge in [0, 0.05) is 35.9 Å². The molecule has 1 aromatic rings. The molecule has 3 heteroatoms. The van der Waals surface area contributed by atoms with Gasteiger partial charge in [0.25, 0.3) is 0 Å². The van der Waals surface area contributed by atoms with E-state index in [4.69, 9.17) is 11.6 Å². The standard InChI is InChI=1S/C17H27ClN2/c1-4-20(15-7-5-6-8-15)16-10-9-14(17(18)11-16)12-19-13(2)3/h9-11,13,15,19H,4-8,12H2,1-3H3. The Kier molecular flexibility index (Phi) is 5.74. The van der Waals surface area contributed by atoms with Crippen molar-refractivity contribution in [2.45, 2.75) is 65.1 Å².